The van der Waals surface area contributed by atoms with Gasteiger partial charge in [-0.3, -0.25) is 10.1 Å². The van der Waals surface area contributed by atoms with Crippen LogP contribution in [0.1, 0.15) is 34.6 Å². The molecule has 0 aliphatic rings. The lowest BCUT2D eigenvalue weighted by Crippen LogP contribution is -2.14. The maximum atomic E-state index is 13.6. The highest BCUT2D eigenvalue weighted by Gasteiger charge is 2.16. The van der Waals surface area contributed by atoms with Crippen LogP contribution in [0.2, 0.25) is 0 Å². The number of nitrogens with one attached hydrogen (secondary N) is 1. The zero-order valence-electron chi connectivity index (χ0n) is 10.8. The van der Waals surface area contributed by atoms with Gasteiger partial charge in [0.2, 0.25) is 0 Å². The van der Waals surface area contributed by atoms with Gasteiger partial charge in [-0.2, -0.15) is 0 Å². The summed E-state index contributed by atoms with van der Waals surface area (Å²) in [5.74, 6) is -2.35. The van der Waals surface area contributed by atoms with Crippen molar-refractivity contribution in [1.29, 1.82) is 0 Å². The largest absolute Gasteiger partial charge is 0.387 e. The molecule has 1 heterocycles. The molecule has 0 spiro atoms. The van der Waals surface area contributed by atoms with Crippen LogP contribution in [0.25, 0.3) is 0 Å². The van der Waals surface area contributed by atoms with Crippen LogP contribution >= 0.6 is 11.3 Å². The molecule has 2 N–H and O–H groups in total. The third-order valence-corrected chi connectivity index (χ3v) is 3.44. The molecule has 1 amide bonds. The van der Waals surface area contributed by atoms with Crippen LogP contribution in [0.3, 0.4) is 0 Å². The number of benzene rings is 1. The number of carbonyl (C=O) groups excluding carboxylic acids is 1. The van der Waals surface area contributed by atoms with Crippen molar-refractivity contribution < 1.29 is 18.7 Å². The Morgan fingerprint density at radius 1 is 1.40 bits per heavy atom. The van der Waals surface area contributed by atoms with Crippen molar-refractivity contribution >= 4 is 22.4 Å². The van der Waals surface area contributed by atoms with Crippen LogP contribution in [0.15, 0.2) is 17.5 Å². The van der Waals surface area contributed by atoms with Gasteiger partial charge in [-0.15, -0.1) is 11.3 Å². The number of halogens is 2. The number of amides is 1. The number of hydrogen-bond acceptors (Lipinski definition) is 4. The first-order chi connectivity index (χ1) is 9.38. The molecule has 0 aliphatic carbocycles. The Morgan fingerprint density at radius 2 is 2.10 bits per heavy atom. The third kappa shape index (κ3) is 3.00. The van der Waals surface area contributed by atoms with Crippen LogP contribution in [0.4, 0.5) is 13.9 Å². The number of aromatic nitrogens is 1. The molecule has 0 saturated carbocycles. The molecule has 4 nitrogen and oxygen atoms in total. The molecular formula is C13H12F2N2O2S. The Morgan fingerprint density at radius 3 is 2.70 bits per heavy atom. The van der Waals surface area contributed by atoms with E-state index in [2.05, 4.69) is 10.3 Å². The number of aliphatic hydroxyl groups excluding tert-OH is 1. The fourth-order valence-electron chi connectivity index (χ4n) is 1.53. The van der Waals surface area contributed by atoms with E-state index in [-0.39, 0.29) is 16.3 Å². The summed E-state index contributed by atoms with van der Waals surface area (Å²) < 4.78 is 26.7. The lowest BCUT2D eigenvalue weighted by molar-refractivity contribution is 0.102. The number of carbonyl (C=O) groups is 1. The molecule has 0 radical (unpaired) electrons. The van der Waals surface area contributed by atoms with Crippen LogP contribution < -0.4 is 5.32 Å². The van der Waals surface area contributed by atoms with Gasteiger partial charge in [-0.1, -0.05) is 0 Å². The molecule has 1 atom stereocenters. The summed E-state index contributed by atoms with van der Waals surface area (Å²) in [5, 5.41) is 13.6. The van der Waals surface area contributed by atoms with Gasteiger partial charge in [0.15, 0.2) is 5.13 Å². The summed E-state index contributed by atoms with van der Waals surface area (Å²) in [4.78, 5) is 15.9. The predicted octanol–water partition coefficient (Wildman–Crippen LogP) is 3.04. The van der Waals surface area contributed by atoms with Crippen LogP contribution in [-0.4, -0.2) is 16.0 Å². The van der Waals surface area contributed by atoms with Crippen LogP contribution in [0.5, 0.6) is 0 Å². The first kappa shape index (κ1) is 14.5. The van der Waals surface area contributed by atoms with E-state index in [1.165, 1.54) is 6.92 Å². The topological polar surface area (TPSA) is 62.2 Å². The number of aryl methyl sites for hydroxylation is 1. The molecule has 0 aliphatic heterocycles. The molecule has 20 heavy (non-hydrogen) atoms. The average Bonchev–Trinajstić information content (AvgIpc) is 2.82. The summed E-state index contributed by atoms with van der Waals surface area (Å²) in [6.45, 7) is 2.99. The van der Waals surface area contributed by atoms with Crippen molar-refractivity contribution in [3.05, 3.63) is 46.0 Å². The molecular weight excluding hydrogens is 286 g/mol. The average molecular weight is 298 g/mol. The SMILES string of the molecule is Cc1cc(C(=O)Nc2nc(C(C)O)cs2)c(F)cc1F. The zero-order valence-corrected chi connectivity index (χ0v) is 11.6. The molecule has 0 fully saturated rings. The summed E-state index contributed by atoms with van der Waals surface area (Å²) in [6.07, 6.45) is -0.748. The molecule has 1 aromatic carbocycles. The fourth-order valence-corrected chi connectivity index (χ4v) is 2.32. The Hall–Kier alpha value is -1.86. The number of anilines is 1. The first-order valence-electron chi connectivity index (χ1n) is 5.79. The van der Waals surface area contributed by atoms with E-state index in [9.17, 15) is 18.7 Å². The van der Waals surface area contributed by atoms with Crippen molar-refractivity contribution in [2.24, 2.45) is 0 Å². The molecule has 2 aromatic rings. The Kier molecular flexibility index (Phi) is 4.10. The molecule has 1 aromatic heterocycles. The van der Waals surface area contributed by atoms with Gasteiger partial charge >= 0.3 is 0 Å². The minimum atomic E-state index is -0.932. The lowest BCUT2D eigenvalue weighted by atomic mass is 10.1. The molecule has 0 bridgehead atoms. The second-order valence-electron chi connectivity index (χ2n) is 4.29. The highest BCUT2D eigenvalue weighted by molar-refractivity contribution is 7.14. The first-order valence-corrected chi connectivity index (χ1v) is 6.67. The zero-order chi connectivity index (χ0) is 14.9. The van der Waals surface area contributed by atoms with E-state index in [4.69, 9.17) is 0 Å². The number of hydrogen-bond donors (Lipinski definition) is 2. The second-order valence-corrected chi connectivity index (χ2v) is 5.15. The van der Waals surface area contributed by atoms with Gasteiger partial charge in [0.05, 0.1) is 17.4 Å². The molecule has 7 heteroatoms. The standard InChI is InChI=1S/C13H12F2N2O2S/c1-6-3-8(10(15)4-9(6)14)12(19)17-13-16-11(5-20-13)7(2)18/h3-5,7,18H,1-2H3,(H,16,17,19). The quantitative estimate of drug-likeness (QED) is 0.915. The maximum Gasteiger partial charge on any atom is 0.260 e. The van der Waals surface area contributed by atoms with Gasteiger partial charge in [0, 0.05) is 11.4 Å². The van der Waals surface area contributed by atoms with E-state index in [1.807, 2.05) is 0 Å². The van der Waals surface area contributed by atoms with E-state index in [0.717, 1.165) is 17.4 Å². The van der Waals surface area contributed by atoms with Crippen molar-refractivity contribution in [2.75, 3.05) is 5.32 Å². The normalized spacial score (nSPS) is 12.2. The number of nitrogens with zero attached hydrogens (tertiary/aromatic N) is 1. The summed E-state index contributed by atoms with van der Waals surface area (Å²) in [7, 11) is 0. The van der Waals surface area contributed by atoms with Gasteiger partial charge in [0.1, 0.15) is 11.6 Å². The van der Waals surface area contributed by atoms with Crippen molar-refractivity contribution in [3.8, 4) is 0 Å². The van der Waals surface area contributed by atoms with Crippen LogP contribution in [0, 0.1) is 18.6 Å². The fraction of sp³-hybridized carbons (Fsp3) is 0.231. The Bertz CT molecular complexity index is 656. The van der Waals surface area contributed by atoms with E-state index in [0.29, 0.717) is 11.8 Å². The number of aliphatic hydroxyl groups is 1. The van der Waals surface area contributed by atoms with Crippen LogP contribution in [-0.2, 0) is 0 Å². The minimum Gasteiger partial charge on any atom is -0.387 e. The maximum absolute atomic E-state index is 13.6. The highest BCUT2D eigenvalue weighted by Crippen LogP contribution is 2.22. The van der Waals surface area contributed by atoms with Crippen molar-refractivity contribution in [1.82, 2.24) is 4.98 Å². The molecule has 1 unspecified atom stereocenters. The third-order valence-electron chi connectivity index (χ3n) is 2.66. The minimum absolute atomic E-state index is 0.181. The van der Waals surface area contributed by atoms with Crippen molar-refractivity contribution in [2.45, 2.75) is 20.0 Å². The van der Waals surface area contributed by atoms with Crippen molar-refractivity contribution in [3.63, 3.8) is 0 Å². The number of rotatable bonds is 3. The second kappa shape index (κ2) is 5.64. The summed E-state index contributed by atoms with van der Waals surface area (Å²) in [5.41, 5.74) is 0.346. The lowest BCUT2D eigenvalue weighted by Gasteiger charge is -2.05. The molecule has 0 saturated heterocycles. The molecule has 2 rings (SSSR count). The van der Waals surface area contributed by atoms with Gasteiger partial charge in [0.25, 0.3) is 5.91 Å². The van der Waals surface area contributed by atoms with Gasteiger partial charge in [-0.05, 0) is 25.5 Å². The Labute approximate surface area is 118 Å². The van der Waals surface area contributed by atoms with Gasteiger partial charge < -0.3 is 5.11 Å². The Balaban J connectivity index is 2.21. The molecule has 106 valence electrons. The van der Waals surface area contributed by atoms with E-state index < -0.39 is 23.6 Å². The number of thiazole rings is 1. The van der Waals surface area contributed by atoms with E-state index in [1.54, 1.807) is 12.3 Å². The summed E-state index contributed by atoms with van der Waals surface area (Å²) in [6, 6.07) is 1.82. The predicted molar refractivity (Wildman–Crippen MR) is 71.8 cm³/mol. The van der Waals surface area contributed by atoms with Gasteiger partial charge in [-0.25, -0.2) is 13.8 Å². The monoisotopic (exact) mass is 298 g/mol. The highest BCUT2D eigenvalue weighted by atomic mass is 32.1. The van der Waals surface area contributed by atoms with E-state index >= 15 is 0 Å². The summed E-state index contributed by atoms with van der Waals surface area (Å²) >= 11 is 1.11. The smallest absolute Gasteiger partial charge is 0.260 e.